The summed E-state index contributed by atoms with van der Waals surface area (Å²) in [5, 5.41) is 7.36. The van der Waals surface area contributed by atoms with Crippen LogP contribution in [0.5, 0.6) is 0 Å². The Morgan fingerprint density at radius 1 is 1.33 bits per heavy atom. The number of halogens is 1. The van der Waals surface area contributed by atoms with Gasteiger partial charge in [-0.15, -0.1) is 12.4 Å². The number of carbonyl (C=O) groups excluding carboxylic acids is 1. The minimum Gasteiger partial charge on any atom is -0.311 e. The zero-order valence-corrected chi connectivity index (χ0v) is 12.4. The Kier molecular flexibility index (Phi) is 5.30. The number of nitrogens with one attached hydrogen (secondary N) is 1. The Morgan fingerprint density at radius 3 is 3.00 bits per heavy atom. The summed E-state index contributed by atoms with van der Waals surface area (Å²) in [5.74, 6) is 0.122. The van der Waals surface area contributed by atoms with Gasteiger partial charge in [-0.2, -0.15) is 5.10 Å². The monoisotopic (exact) mass is 307 g/mol. The lowest BCUT2D eigenvalue weighted by molar-refractivity contribution is -0.118. The first-order chi connectivity index (χ1) is 9.84. The van der Waals surface area contributed by atoms with Gasteiger partial charge in [-0.05, 0) is 11.6 Å². The van der Waals surface area contributed by atoms with Crippen LogP contribution in [0.3, 0.4) is 0 Å². The Hall–Kier alpha value is -1.92. The van der Waals surface area contributed by atoms with Crippen molar-refractivity contribution in [2.45, 2.75) is 19.5 Å². The van der Waals surface area contributed by atoms with Crippen LogP contribution in [0.4, 0.5) is 5.69 Å². The zero-order valence-electron chi connectivity index (χ0n) is 11.6. The molecule has 2 aromatic rings. The summed E-state index contributed by atoms with van der Waals surface area (Å²) in [6, 6.07) is 8.05. The van der Waals surface area contributed by atoms with E-state index in [9.17, 15) is 4.79 Å². The summed E-state index contributed by atoms with van der Waals surface area (Å²) in [6.07, 6.45) is 3.54. The molecule has 0 fully saturated rings. The molecule has 0 spiro atoms. The van der Waals surface area contributed by atoms with Crippen molar-refractivity contribution >= 4 is 24.0 Å². The third kappa shape index (κ3) is 3.59. The van der Waals surface area contributed by atoms with E-state index in [-0.39, 0.29) is 18.3 Å². The molecule has 0 saturated heterocycles. The highest BCUT2D eigenvalue weighted by Crippen LogP contribution is 2.22. The first-order valence-corrected chi connectivity index (χ1v) is 6.76. The second-order valence-electron chi connectivity index (χ2n) is 4.76. The number of aromatic nitrogens is 3. The summed E-state index contributed by atoms with van der Waals surface area (Å²) in [5.41, 5.74) is 2.18. The Bertz CT molecular complexity index is 587. The Morgan fingerprint density at radius 2 is 2.19 bits per heavy atom. The molecule has 1 amide bonds. The van der Waals surface area contributed by atoms with E-state index in [1.54, 1.807) is 11.0 Å². The van der Waals surface area contributed by atoms with Crippen LogP contribution in [0, 0.1) is 0 Å². The summed E-state index contributed by atoms with van der Waals surface area (Å²) < 4.78 is 1.68. The van der Waals surface area contributed by atoms with Gasteiger partial charge in [-0.1, -0.05) is 18.2 Å². The number of hydrogen-bond donors (Lipinski definition) is 1. The van der Waals surface area contributed by atoms with E-state index in [0.29, 0.717) is 19.5 Å². The fraction of sp³-hybridized carbons (Fsp3) is 0.357. The molecule has 0 atom stereocenters. The topological polar surface area (TPSA) is 63.1 Å². The molecule has 0 aliphatic carbocycles. The van der Waals surface area contributed by atoms with Gasteiger partial charge in [-0.25, -0.2) is 4.98 Å². The molecule has 0 bridgehead atoms. The molecule has 1 aliphatic heterocycles. The highest BCUT2D eigenvalue weighted by molar-refractivity contribution is 5.94. The molecular formula is C14H18ClN5O. The minimum absolute atomic E-state index is 0. The van der Waals surface area contributed by atoms with Gasteiger partial charge < -0.3 is 10.2 Å². The zero-order chi connectivity index (χ0) is 13.8. The number of rotatable bonds is 3. The van der Waals surface area contributed by atoms with E-state index in [4.69, 9.17) is 0 Å². The lowest BCUT2D eigenvalue weighted by atomic mass is 10.1. The number of carbonyl (C=O) groups is 1. The predicted molar refractivity (Wildman–Crippen MR) is 82.4 cm³/mol. The number of fused-ring (bicyclic) bond motifs is 1. The number of benzene rings is 1. The summed E-state index contributed by atoms with van der Waals surface area (Å²) >= 11 is 0. The van der Waals surface area contributed by atoms with Crippen molar-refractivity contribution in [3.05, 3.63) is 42.5 Å². The van der Waals surface area contributed by atoms with Gasteiger partial charge in [0.25, 0.3) is 0 Å². The molecule has 1 aromatic carbocycles. The first-order valence-electron chi connectivity index (χ1n) is 6.76. The van der Waals surface area contributed by atoms with Crippen molar-refractivity contribution in [1.82, 2.24) is 20.1 Å². The maximum absolute atomic E-state index is 12.4. The number of nitrogens with zero attached hydrogens (tertiary/aromatic N) is 4. The highest BCUT2D eigenvalue weighted by atomic mass is 35.5. The summed E-state index contributed by atoms with van der Waals surface area (Å²) in [6.45, 7) is 2.88. The van der Waals surface area contributed by atoms with Crippen LogP contribution in [0.1, 0.15) is 12.0 Å². The van der Waals surface area contributed by atoms with E-state index >= 15 is 0 Å². The van der Waals surface area contributed by atoms with Gasteiger partial charge in [-0.3, -0.25) is 9.48 Å². The molecule has 0 radical (unpaired) electrons. The molecule has 21 heavy (non-hydrogen) atoms. The molecule has 1 aromatic heterocycles. The molecule has 0 saturated carbocycles. The minimum atomic E-state index is 0. The number of hydrogen-bond acceptors (Lipinski definition) is 4. The number of amides is 1. The van der Waals surface area contributed by atoms with E-state index in [0.717, 1.165) is 18.8 Å². The predicted octanol–water partition coefficient (Wildman–Crippen LogP) is 1.23. The SMILES string of the molecule is Cl.O=C(CCn1cncn1)N1CCNCc2ccccc21. The fourth-order valence-electron chi connectivity index (χ4n) is 2.41. The van der Waals surface area contributed by atoms with Crippen molar-refractivity contribution < 1.29 is 4.79 Å². The number of para-hydroxylation sites is 1. The number of anilines is 1. The van der Waals surface area contributed by atoms with Crippen LogP contribution in [0.2, 0.25) is 0 Å². The molecule has 1 N–H and O–H groups in total. The lowest BCUT2D eigenvalue weighted by Gasteiger charge is -2.22. The third-order valence-electron chi connectivity index (χ3n) is 3.43. The second kappa shape index (κ2) is 7.19. The largest absolute Gasteiger partial charge is 0.311 e. The van der Waals surface area contributed by atoms with Crippen molar-refractivity contribution in [2.24, 2.45) is 0 Å². The molecule has 2 heterocycles. The van der Waals surface area contributed by atoms with Crippen molar-refractivity contribution in [2.75, 3.05) is 18.0 Å². The fourth-order valence-corrected chi connectivity index (χ4v) is 2.41. The van der Waals surface area contributed by atoms with Gasteiger partial charge in [0.15, 0.2) is 0 Å². The average molecular weight is 308 g/mol. The summed E-state index contributed by atoms with van der Waals surface area (Å²) in [7, 11) is 0. The smallest absolute Gasteiger partial charge is 0.228 e. The molecule has 6 nitrogen and oxygen atoms in total. The van der Waals surface area contributed by atoms with E-state index < -0.39 is 0 Å². The van der Waals surface area contributed by atoms with Crippen molar-refractivity contribution in [3.63, 3.8) is 0 Å². The Labute approximate surface area is 129 Å². The highest BCUT2D eigenvalue weighted by Gasteiger charge is 2.20. The van der Waals surface area contributed by atoms with Crippen LogP contribution in [-0.2, 0) is 17.9 Å². The molecule has 1 aliphatic rings. The van der Waals surface area contributed by atoms with Gasteiger partial charge in [0, 0.05) is 31.7 Å². The third-order valence-corrected chi connectivity index (χ3v) is 3.43. The lowest BCUT2D eigenvalue weighted by Crippen LogP contribution is -2.35. The molecule has 112 valence electrons. The maximum Gasteiger partial charge on any atom is 0.228 e. The standard InChI is InChI=1S/C14H17N5O.ClH/c20-14(5-7-18-11-16-10-17-18)19-8-6-15-9-12-3-1-2-4-13(12)19;/h1-4,10-11,15H,5-9H2;1H. The van der Waals surface area contributed by atoms with Gasteiger partial charge in [0.1, 0.15) is 12.7 Å². The van der Waals surface area contributed by atoms with Crippen molar-refractivity contribution in [1.29, 1.82) is 0 Å². The van der Waals surface area contributed by atoms with Crippen LogP contribution in [0.15, 0.2) is 36.9 Å². The van der Waals surface area contributed by atoms with Crippen LogP contribution in [-0.4, -0.2) is 33.8 Å². The van der Waals surface area contributed by atoms with E-state index in [2.05, 4.69) is 21.5 Å². The second-order valence-corrected chi connectivity index (χ2v) is 4.76. The normalized spacial score (nSPS) is 14.0. The van der Waals surface area contributed by atoms with Gasteiger partial charge >= 0.3 is 0 Å². The van der Waals surface area contributed by atoms with Crippen molar-refractivity contribution in [3.8, 4) is 0 Å². The first kappa shape index (κ1) is 15.5. The van der Waals surface area contributed by atoms with Crippen LogP contribution >= 0.6 is 12.4 Å². The van der Waals surface area contributed by atoms with Gasteiger partial charge in [0.2, 0.25) is 5.91 Å². The average Bonchev–Trinajstić information content (AvgIpc) is 2.90. The van der Waals surface area contributed by atoms with E-state index in [1.807, 2.05) is 23.1 Å². The van der Waals surface area contributed by atoms with Gasteiger partial charge in [0.05, 0.1) is 6.54 Å². The molecular weight excluding hydrogens is 290 g/mol. The van der Waals surface area contributed by atoms with Crippen LogP contribution in [0.25, 0.3) is 0 Å². The van der Waals surface area contributed by atoms with E-state index in [1.165, 1.54) is 11.9 Å². The molecule has 0 unspecified atom stereocenters. The summed E-state index contributed by atoms with van der Waals surface area (Å²) in [4.78, 5) is 18.2. The molecule has 7 heteroatoms. The number of aryl methyl sites for hydroxylation is 1. The maximum atomic E-state index is 12.4. The van der Waals surface area contributed by atoms with Crippen LogP contribution < -0.4 is 10.2 Å². The Balaban J connectivity index is 0.00000161. The molecule has 3 rings (SSSR count). The quantitative estimate of drug-likeness (QED) is 0.926.